The van der Waals surface area contributed by atoms with E-state index in [0.29, 0.717) is 11.4 Å². The average Bonchev–Trinajstić information content (AvgIpc) is 3.21. The molecule has 102 valence electrons. The van der Waals surface area contributed by atoms with Gasteiger partial charge in [0.05, 0.1) is 6.61 Å². The molecule has 19 heavy (non-hydrogen) atoms. The molecule has 0 radical (unpaired) electrons. The van der Waals surface area contributed by atoms with Crippen molar-refractivity contribution in [3.8, 4) is 0 Å². The molecule has 6 heteroatoms. The number of hydrogen-bond acceptors (Lipinski definition) is 4. The van der Waals surface area contributed by atoms with Crippen molar-refractivity contribution in [1.82, 2.24) is 0 Å². The lowest BCUT2D eigenvalue weighted by molar-refractivity contribution is -0.117. The molecule has 0 unspecified atom stereocenters. The quantitative estimate of drug-likeness (QED) is 0.753. The van der Waals surface area contributed by atoms with Gasteiger partial charge in [-0.2, -0.15) is 0 Å². The van der Waals surface area contributed by atoms with E-state index in [1.165, 1.54) is 0 Å². The first kappa shape index (κ1) is 13.4. The van der Waals surface area contributed by atoms with E-state index in [2.05, 4.69) is 15.4 Å². The van der Waals surface area contributed by atoms with Crippen molar-refractivity contribution in [1.29, 1.82) is 0 Å². The molecule has 1 fully saturated rings. The summed E-state index contributed by atoms with van der Waals surface area (Å²) in [6, 6.07) is 6.82. The molecule has 1 aliphatic carbocycles. The second-order valence-corrected chi connectivity index (χ2v) is 4.33. The van der Waals surface area contributed by atoms with Crippen molar-refractivity contribution >= 4 is 23.4 Å². The van der Waals surface area contributed by atoms with Gasteiger partial charge in [-0.3, -0.25) is 10.1 Å². The molecule has 1 aromatic carbocycles. The lowest BCUT2D eigenvalue weighted by Gasteiger charge is -2.08. The van der Waals surface area contributed by atoms with E-state index in [0.717, 1.165) is 12.8 Å². The van der Waals surface area contributed by atoms with Crippen molar-refractivity contribution in [2.45, 2.75) is 12.8 Å². The molecule has 0 saturated heterocycles. The van der Waals surface area contributed by atoms with Crippen molar-refractivity contribution < 1.29 is 19.4 Å². The molecule has 0 spiro atoms. The highest BCUT2D eigenvalue weighted by Gasteiger charge is 2.29. The monoisotopic (exact) mass is 264 g/mol. The van der Waals surface area contributed by atoms with Crippen LogP contribution in [0.1, 0.15) is 12.8 Å². The van der Waals surface area contributed by atoms with Crippen LogP contribution < -0.4 is 10.6 Å². The van der Waals surface area contributed by atoms with E-state index < -0.39 is 6.09 Å². The smallest absolute Gasteiger partial charge is 0.411 e. The summed E-state index contributed by atoms with van der Waals surface area (Å²) < 4.78 is 4.68. The van der Waals surface area contributed by atoms with Gasteiger partial charge in [-0.15, -0.1) is 0 Å². The van der Waals surface area contributed by atoms with Gasteiger partial charge in [0.2, 0.25) is 5.91 Å². The van der Waals surface area contributed by atoms with E-state index in [1.807, 2.05) is 0 Å². The number of hydrogen-bond donors (Lipinski definition) is 3. The number of ether oxygens (including phenoxy) is 1. The Kier molecular flexibility index (Phi) is 4.35. The van der Waals surface area contributed by atoms with Crippen molar-refractivity contribution in [3.63, 3.8) is 0 Å². The predicted octanol–water partition coefficient (Wildman–Crippen LogP) is 1.58. The fraction of sp³-hybridized carbons (Fsp3) is 0.385. The summed E-state index contributed by atoms with van der Waals surface area (Å²) in [6.45, 7) is -0.269. The molecule has 1 aromatic rings. The fourth-order valence-corrected chi connectivity index (χ4v) is 1.56. The third-order valence-corrected chi connectivity index (χ3v) is 2.65. The lowest BCUT2D eigenvalue weighted by atomic mass is 10.2. The number of rotatable bonds is 5. The number of nitrogens with one attached hydrogen (secondary N) is 2. The van der Waals surface area contributed by atoms with Crippen LogP contribution in [0.25, 0.3) is 0 Å². The molecule has 0 bridgehead atoms. The number of aliphatic hydroxyl groups is 1. The van der Waals surface area contributed by atoms with Crippen LogP contribution in [0.2, 0.25) is 0 Å². The average molecular weight is 264 g/mol. The Hall–Kier alpha value is -2.08. The van der Waals surface area contributed by atoms with Gasteiger partial charge in [0.1, 0.15) is 6.61 Å². The first-order valence-electron chi connectivity index (χ1n) is 6.14. The maximum atomic E-state index is 11.6. The minimum Gasteiger partial charge on any atom is -0.447 e. The zero-order valence-electron chi connectivity index (χ0n) is 10.4. The van der Waals surface area contributed by atoms with Crippen LogP contribution in [0.5, 0.6) is 0 Å². The Morgan fingerprint density at radius 3 is 2.58 bits per heavy atom. The molecular weight excluding hydrogens is 248 g/mol. The van der Waals surface area contributed by atoms with Gasteiger partial charge in [-0.05, 0) is 31.0 Å². The van der Waals surface area contributed by atoms with E-state index in [-0.39, 0.29) is 25.0 Å². The van der Waals surface area contributed by atoms with Crippen molar-refractivity contribution in [2.24, 2.45) is 5.92 Å². The van der Waals surface area contributed by atoms with Gasteiger partial charge in [0.15, 0.2) is 0 Å². The maximum Gasteiger partial charge on any atom is 0.411 e. The Morgan fingerprint density at radius 1 is 1.26 bits per heavy atom. The predicted molar refractivity (Wildman–Crippen MR) is 69.9 cm³/mol. The molecule has 0 aliphatic heterocycles. The highest BCUT2D eigenvalue weighted by molar-refractivity contribution is 5.95. The van der Waals surface area contributed by atoms with E-state index in [9.17, 15) is 9.59 Å². The fourth-order valence-electron chi connectivity index (χ4n) is 1.56. The summed E-state index contributed by atoms with van der Waals surface area (Å²) in [5.41, 5.74) is 1.16. The minimum atomic E-state index is -0.639. The number of aliphatic hydroxyl groups excluding tert-OH is 1. The van der Waals surface area contributed by atoms with Crippen LogP contribution in [0.3, 0.4) is 0 Å². The molecule has 0 aromatic heterocycles. The molecule has 1 aliphatic rings. The van der Waals surface area contributed by atoms with Crippen LogP contribution in [0.15, 0.2) is 24.3 Å². The summed E-state index contributed by atoms with van der Waals surface area (Å²) in [4.78, 5) is 22.9. The summed E-state index contributed by atoms with van der Waals surface area (Å²) in [7, 11) is 0. The molecule has 6 nitrogen and oxygen atoms in total. The normalized spacial score (nSPS) is 13.7. The number of carbonyl (C=O) groups is 2. The van der Waals surface area contributed by atoms with Gasteiger partial charge in [0, 0.05) is 17.3 Å². The first-order valence-corrected chi connectivity index (χ1v) is 6.14. The molecule has 0 atom stereocenters. The third kappa shape index (κ3) is 4.26. The number of carbonyl (C=O) groups excluding carboxylic acids is 2. The Labute approximate surface area is 110 Å². The summed E-state index contributed by atoms with van der Waals surface area (Å²) in [6.07, 6.45) is 1.24. The first-order chi connectivity index (χ1) is 9.19. The van der Waals surface area contributed by atoms with Crippen LogP contribution >= 0.6 is 0 Å². The topological polar surface area (TPSA) is 87.7 Å². The van der Waals surface area contributed by atoms with Crippen molar-refractivity contribution in [2.75, 3.05) is 23.8 Å². The van der Waals surface area contributed by atoms with Gasteiger partial charge in [-0.25, -0.2) is 4.79 Å². The van der Waals surface area contributed by atoms with Gasteiger partial charge >= 0.3 is 6.09 Å². The van der Waals surface area contributed by atoms with E-state index in [4.69, 9.17) is 5.11 Å². The summed E-state index contributed by atoms with van der Waals surface area (Å²) in [5.74, 6) is 0.145. The summed E-state index contributed by atoms with van der Waals surface area (Å²) in [5, 5.41) is 13.8. The number of benzene rings is 1. The highest BCUT2D eigenvalue weighted by atomic mass is 16.6. The molecule has 0 heterocycles. The van der Waals surface area contributed by atoms with Gasteiger partial charge < -0.3 is 15.2 Å². The van der Waals surface area contributed by atoms with Crippen LogP contribution in [0, 0.1) is 5.92 Å². The molecule has 3 N–H and O–H groups in total. The SMILES string of the molecule is O=C(Nc1cccc(NC(=O)C2CC2)c1)OCCO. The Balaban J connectivity index is 1.90. The second-order valence-electron chi connectivity index (χ2n) is 4.33. The van der Waals surface area contributed by atoms with Crippen molar-refractivity contribution in [3.05, 3.63) is 24.3 Å². The van der Waals surface area contributed by atoms with Gasteiger partial charge in [0.25, 0.3) is 0 Å². The second kappa shape index (κ2) is 6.19. The van der Waals surface area contributed by atoms with Crippen LogP contribution in [-0.2, 0) is 9.53 Å². The standard InChI is InChI=1S/C13H16N2O4/c16-6-7-19-13(18)15-11-3-1-2-10(8-11)14-12(17)9-4-5-9/h1-3,8-9,16H,4-7H2,(H,14,17)(H,15,18). The molecular formula is C13H16N2O4. The van der Waals surface area contributed by atoms with Crippen LogP contribution in [-0.4, -0.2) is 30.3 Å². The zero-order valence-corrected chi connectivity index (χ0v) is 10.4. The number of anilines is 2. The molecule has 1 saturated carbocycles. The molecule has 2 amide bonds. The minimum absolute atomic E-state index is 0.0139. The van der Waals surface area contributed by atoms with Crippen LogP contribution in [0.4, 0.5) is 16.2 Å². The van der Waals surface area contributed by atoms with E-state index >= 15 is 0 Å². The zero-order chi connectivity index (χ0) is 13.7. The largest absolute Gasteiger partial charge is 0.447 e. The maximum absolute atomic E-state index is 11.6. The summed E-state index contributed by atoms with van der Waals surface area (Å²) >= 11 is 0. The highest BCUT2D eigenvalue weighted by Crippen LogP contribution is 2.30. The Morgan fingerprint density at radius 2 is 1.95 bits per heavy atom. The van der Waals surface area contributed by atoms with E-state index in [1.54, 1.807) is 24.3 Å². The third-order valence-electron chi connectivity index (χ3n) is 2.65. The lowest BCUT2D eigenvalue weighted by Crippen LogP contribution is -2.16. The molecule has 2 rings (SSSR count). The van der Waals surface area contributed by atoms with Gasteiger partial charge in [-0.1, -0.05) is 6.07 Å². The Bertz CT molecular complexity index is 471. The number of amides is 2.